The summed E-state index contributed by atoms with van der Waals surface area (Å²) in [6.07, 6.45) is 1.11. The molecule has 2 aromatic heterocycles. The third-order valence-corrected chi connectivity index (χ3v) is 4.32. The van der Waals surface area contributed by atoms with Gasteiger partial charge in [-0.1, -0.05) is 18.2 Å². The number of carbonyl (C=O) groups is 1. The summed E-state index contributed by atoms with van der Waals surface area (Å²) in [4.78, 5) is 12.2. The van der Waals surface area contributed by atoms with Crippen LogP contribution in [0.1, 0.15) is 35.0 Å². The van der Waals surface area contributed by atoms with Gasteiger partial charge in [-0.2, -0.15) is 0 Å². The van der Waals surface area contributed by atoms with Crippen molar-refractivity contribution in [1.29, 1.82) is 0 Å². The Labute approximate surface area is 139 Å². The van der Waals surface area contributed by atoms with E-state index >= 15 is 0 Å². The zero-order valence-corrected chi connectivity index (χ0v) is 14.1. The molecule has 1 N–H and O–H groups in total. The fourth-order valence-electron chi connectivity index (χ4n) is 2.39. The van der Waals surface area contributed by atoms with E-state index in [-0.39, 0.29) is 23.3 Å². The van der Waals surface area contributed by atoms with Crippen LogP contribution in [0.15, 0.2) is 51.3 Å². The van der Waals surface area contributed by atoms with Gasteiger partial charge in [-0.15, -0.1) is 0 Å². The van der Waals surface area contributed by atoms with Gasteiger partial charge in [0.1, 0.15) is 22.9 Å². The number of fused-ring (bicyclic) bond motifs is 1. The number of nitrogens with one attached hydrogen (secondary N) is 1. The first-order chi connectivity index (χ1) is 11.3. The predicted molar refractivity (Wildman–Crippen MR) is 89.4 cm³/mol. The van der Waals surface area contributed by atoms with Crippen LogP contribution in [0.25, 0.3) is 11.0 Å². The van der Waals surface area contributed by atoms with Crippen LogP contribution >= 0.6 is 0 Å². The van der Waals surface area contributed by atoms with Crippen molar-refractivity contribution in [2.75, 3.05) is 6.26 Å². The lowest BCUT2D eigenvalue weighted by molar-refractivity contribution is 0.0906. The van der Waals surface area contributed by atoms with E-state index in [4.69, 9.17) is 8.83 Å². The quantitative estimate of drug-likeness (QED) is 0.766. The topological polar surface area (TPSA) is 89.5 Å². The number of benzene rings is 1. The molecule has 1 atom stereocenters. The summed E-state index contributed by atoms with van der Waals surface area (Å²) in [5.41, 5.74) is 0.752. The molecule has 126 valence electrons. The van der Waals surface area contributed by atoms with Crippen molar-refractivity contribution in [2.24, 2.45) is 0 Å². The Morgan fingerprint density at radius 3 is 2.62 bits per heavy atom. The number of carbonyl (C=O) groups excluding carboxylic acids is 1. The molecular formula is C17H17NO5S. The molecule has 3 aromatic rings. The molecule has 0 unspecified atom stereocenters. The molecule has 0 spiro atoms. The average molecular weight is 347 g/mol. The number of rotatable bonds is 5. The van der Waals surface area contributed by atoms with Crippen LogP contribution in [0.4, 0.5) is 0 Å². The van der Waals surface area contributed by atoms with Crippen LogP contribution in [0.2, 0.25) is 0 Å². The van der Waals surface area contributed by atoms with Gasteiger partial charge in [0, 0.05) is 11.6 Å². The molecular weight excluding hydrogens is 330 g/mol. The fourth-order valence-corrected chi connectivity index (χ4v) is 3.06. The zero-order chi connectivity index (χ0) is 17.3. The highest BCUT2D eigenvalue weighted by Gasteiger charge is 2.18. The number of hydrogen-bond donors (Lipinski definition) is 1. The van der Waals surface area contributed by atoms with Crippen molar-refractivity contribution in [1.82, 2.24) is 5.32 Å². The van der Waals surface area contributed by atoms with Crippen LogP contribution in [0.3, 0.4) is 0 Å². The van der Waals surface area contributed by atoms with Gasteiger partial charge in [0.2, 0.25) is 0 Å². The Morgan fingerprint density at radius 1 is 1.17 bits per heavy atom. The maximum Gasteiger partial charge on any atom is 0.287 e. The molecule has 1 aromatic carbocycles. The second-order valence-corrected chi connectivity index (χ2v) is 7.86. The summed E-state index contributed by atoms with van der Waals surface area (Å²) in [7, 11) is -3.21. The van der Waals surface area contributed by atoms with Gasteiger partial charge >= 0.3 is 0 Å². The van der Waals surface area contributed by atoms with Gasteiger partial charge in [-0.25, -0.2) is 8.42 Å². The smallest absolute Gasteiger partial charge is 0.287 e. The zero-order valence-electron chi connectivity index (χ0n) is 13.3. The van der Waals surface area contributed by atoms with Crippen molar-refractivity contribution in [3.05, 3.63) is 59.7 Å². The largest absolute Gasteiger partial charge is 0.459 e. The molecule has 0 radical (unpaired) electrons. The molecule has 0 fully saturated rings. The van der Waals surface area contributed by atoms with Crippen LogP contribution in [-0.2, 0) is 15.6 Å². The average Bonchev–Trinajstić information content (AvgIpc) is 3.11. The third-order valence-electron chi connectivity index (χ3n) is 3.51. The second-order valence-electron chi connectivity index (χ2n) is 5.72. The lowest BCUT2D eigenvalue weighted by atomic mass is 10.2. The first kappa shape index (κ1) is 16.3. The van der Waals surface area contributed by atoms with Crippen molar-refractivity contribution in [3.63, 3.8) is 0 Å². The summed E-state index contributed by atoms with van der Waals surface area (Å²) in [6, 6.07) is 12.1. The summed E-state index contributed by atoms with van der Waals surface area (Å²) in [6.45, 7) is 1.80. The SMILES string of the molecule is C[C@@H](NC(=O)c1ccc(CS(C)(=O)=O)o1)c1cc2ccccc2o1. The van der Waals surface area contributed by atoms with Crippen LogP contribution in [0, 0.1) is 0 Å². The first-order valence-electron chi connectivity index (χ1n) is 7.37. The normalized spacial score (nSPS) is 13.1. The maximum atomic E-state index is 12.2. The molecule has 3 rings (SSSR count). The monoisotopic (exact) mass is 347 g/mol. The molecule has 0 saturated heterocycles. The number of para-hydroxylation sites is 1. The summed E-state index contributed by atoms with van der Waals surface area (Å²) < 4.78 is 33.5. The maximum absolute atomic E-state index is 12.2. The van der Waals surface area contributed by atoms with E-state index in [1.807, 2.05) is 30.3 Å². The minimum atomic E-state index is -3.21. The fraction of sp³-hybridized carbons (Fsp3) is 0.235. The molecule has 0 aliphatic heterocycles. The Balaban J connectivity index is 1.72. The highest BCUT2D eigenvalue weighted by molar-refractivity contribution is 7.89. The van der Waals surface area contributed by atoms with E-state index in [1.54, 1.807) is 6.92 Å². The predicted octanol–water partition coefficient (Wildman–Crippen LogP) is 3.06. The number of hydrogen-bond acceptors (Lipinski definition) is 5. The van der Waals surface area contributed by atoms with Crippen molar-refractivity contribution in [2.45, 2.75) is 18.7 Å². The van der Waals surface area contributed by atoms with Crippen LogP contribution in [0.5, 0.6) is 0 Å². The molecule has 0 saturated carbocycles. The second kappa shape index (κ2) is 6.16. The summed E-state index contributed by atoms with van der Waals surface area (Å²) in [5, 5.41) is 3.73. The molecule has 2 heterocycles. The summed E-state index contributed by atoms with van der Waals surface area (Å²) in [5.74, 6) is 0.269. The van der Waals surface area contributed by atoms with Gasteiger partial charge < -0.3 is 14.2 Å². The Morgan fingerprint density at radius 2 is 1.92 bits per heavy atom. The molecule has 0 bridgehead atoms. The number of sulfone groups is 1. The minimum absolute atomic E-state index is 0.0663. The van der Waals surface area contributed by atoms with Gasteiger partial charge in [0.15, 0.2) is 15.6 Å². The third kappa shape index (κ3) is 3.68. The minimum Gasteiger partial charge on any atom is -0.459 e. The van der Waals surface area contributed by atoms with Crippen LogP contribution in [-0.4, -0.2) is 20.6 Å². The molecule has 7 heteroatoms. The van der Waals surface area contributed by atoms with E-state index in [0.29, 0.717) is 5.76 Å². The van der Waals surface area contributed by atoms with E-state index in [9.17, 15) is 13.2 Å². The highest BCUT2D eigenvalue weighted by Crippen LogP contribution is 2.24. The van der Waals surface area contributed by atoms with Crippen molar-refractivity contribution in [3.8, 4) is 0 Å². The van der Waals surface area contributed by atoms with E-state index in [0.717, 1.165) is 17.2 Å². The first-order valence-corrected chi connectivity index (χ1v) is 9.44. The Kier molecular flexibility index (Phi) is 4.19. The van der Waals surface area contributed by atoms with E-state index in [1.165, 1.54) is 12.1 Å². The Hall–Kier alpha value is -2.54. The lowest BCUT2D eigenvalue weighted by Crippen LogP contribution is -2.25. The van der Waals surface area contributed by atoms with E-state index in [2.05, 4.69) is 5.32 Å². The standard InChI is InChI=1S/C17H17NO5S/c1-11(16-9-12-5-3-4-6-14(12)23-16)18-17(19)15-8-7-13(22-15)10-24(2,20)21/h3-9,11H,10H2,1-2H3,(H,18,19)/t11-/m1/s1. The van der Waals surface area contributed by atoms with Gasteiger partial charge in [0.25, 0.3) is 5.91 Å². The van der Waals surface area contributed by atoms with Crippen LogP contribution < -0.4 is 5.32 Å². The number of furan rings is 2. The molecule has 6 nitrogen and oxygen atoms in total. The molecule has 24 heavy (non-hydrogen) atoms. The molecule has 0 aliphatic rings. The van der Waals surface area contributed by atoms with Crippen molar-refractivity contribution < 1.29 is 22.0 Å². The highest BCUT2D eigenvalue weighted by atomic mass is 32.2. The van der Waals surface area contributed by atoms with Crippen molar-refractivity contribution >= 4 is 26.7 Å². The van der Waals surface area contributed by atoms with Gasteiger partial charge in [-0.05, 0) is 31.2 Å². The van der Waals surface area contributed by atoms with E-state index < -0.39 is 15.7 Å². The summed E-state index contributed by atoms with van der Waals surface area (Å²) >= 11 is 0. The lowest BCUT2D eigenvalue weighted by Gasteiger charge is -2.09. The van der Waals surface area contributed by atoms with Gasteiger partial charge in [0.05, 0.1) is 6.04 Å². The molecule has 1 amide bonds. The van der Waals surface area contributed by atoms with Gasteiger partial charge in [-0.3, -0.25) is 4.79 Å². The number of amides is 1. The molecule has 0 aliphatic carbocycles. The Bertz CT molecular complexity index is 950.